The van der Waals surface area contributed by atoms with E-state index in [0.717, 1.165) is 5.69 Å². The molecule has 140 valence electrons. The summed E-state index contributed by atoms with van der Waals surface area (Å²) in [7, 11) is 0. The molecular formula is C19H16F3N3OS. The number of carbonyl (C=O) groups excluding carboxylic acids is 1. The van der Waals surface area contributed by atoms with Gasteiger partial charge in [-0.3, -0.25) is 9.78 Å². The number of ketones is 1. The van der Waals surface area contributed by atoms with Gasteiger partial charge < -0.3 is 9.29 Å². The number of rotatable bonds is 4. The number of nitrogens with zero attached hydrogens (tertiary/aromatic N) is 2. The zero-order valence-corrected chi connectivity index (χ0v) is 15.0. The van der Waals surface area contributed by atoms with E-state index in [0.29, 0.717) is 23.2 Å². The van der Waals surface area contributed by atoms with Crippen LogP contribution >= 0.6 is 11.9 Å². The number of halogens is 3. The van der Waals surface area contributed by atoms with Crippen molar-refractivity contribution in [2.45, 2.75) is 12.6 Å². The number of hydrogen-bond donors (Lipinski definition) is 1. The zero-order chi connectivity index (χ0) is 19.0. The van der Waals surface area contributed by atoms with Gasteiger partial charge in [0.25, 0.3) is 0 Å². The zero-order valence-electron chi connectivity index (χ0n) is 14.2. The first-order valence-corrected chi connectivity index (χ1v) is 9.37. The minimum Gasteiger partial charge on any atom is -0.357 e. The Morgan fingerprint density at radius 2 is 2.07 bits per heavy atom. The van der Waals surface area contributed by atoms with E-state index in [-0.39, 0.29) is 23.0 Å². The molecule has 4 nitrogen and oxygen atoms in total. The second-order valence-electron chi connectivity index (χ2n) is 6.45. The number of pyridine rings is 1. The maximum atomic E-state index is 13.2. The molecule has 1 aliphatic heterocycles. The molecule has 0 aliphatic carbocycles. The highest BCUT2D eigenvalue weighted by Crippen LogP contribution is 2.36. The third-order valence-electron chi connectivity index (χ3n) is 4.53. The van der Waals surface area contributed by atoms with Crippen LogP contribution in [0.1, 0.15) is 16.1 Å². The maximum Gasteiger partial charge on any atom is 0.394 e. The Labute approximate surface area is 157 Å². The lowest BCUT2D eigenvalue weighted by molar-refractivity contribution is -0.127. The lowest BCUT2D eigenvalue weighted by Gasteiger charge is -2.16. The Balaban J connectivity index is 1.65. The lowest BCUT2D eigenvalue weighted by atomic mass is 9.95. The van der Waals surface area contributed by atoms with Crippen LogP contribution in [0, 0.1) is 5.92 Å². The van der Waals surface area contributed by atoms with E-state index in [1.807, 2.05) is 16.4 Å². The number of benzene rings is 1. The molecule has 0 spiro atoms. The number of nitrogens with one attached hydrogen (secondary N) is 1. The van der Waals surface area contributed by atoms with Gasteiger partial charge in [0.05, 0.1) is 24.2 Å². The summed E-state index contributed by atoms with van der Waals surface area (Å²) in [6, 6.07) is 10.6. The van der Waals surface area contributed by atoms with E-state index in [1.165, 1.54) is 11.9 Å². The average Bonchev–Trinajstić information content (AvgIpc) is 3.25. The molecule has 1 fully saturated rings. The summed E-state index contributed by atoms with van der Waals surface area (Å²) in [6.07, 6.45) is -2.15. The normalized spacial score (nSPS) is 17.6. The van der Waals surface area contributed by atoms with E-state index in [1.54, 1.807) is 36.7 Å². The first kappa shape index (κ1) is 17.9. The highest BCUT2D eigenvalue weighted by molar-refractivity contribution is 8.00. The van der Waals surface area contributed by atoms with Crippen LogP contribution in [-0.4, -0.2) is 34.2 Å². The molecule has 1 atom stereocenters. The van der Waals surface area contributed by atoms with Gasteiger partial charge >= 0.3 is 6.18 Å². The Morgan fingerprint density at radius 3 is 2.81 bits per heavy atom. The number of hydrogen-bond acceptors (Lipinski definition) is 4. The number of anilines is 1. The first-order chi connectivity index (χ1) is 12.9. The fourth-order valence-corrected chi connectivity index (χ4v) is 4.50. The molecule has 27 heavy (non-hydrogen) atoms. The minimum atomic E-state index is -4.39. The Hall–Kier alpha value is -2.48. The molecular weight excluding hydrogens is 375 g/mol. The molecule has 0 radical (unpaired) electrons. The summed E-state index contributed by atoms with van der Waals surface area (Å²) in [5.41, 5.74) is 1.54. The number of Topliss-reactive ketones (excluding diaryl/α,β-unsaturated/α-hetero) is 1. The van der Waals surface area contributed by atoms with E-state index < -0.39 is 12.6 Å². The quantitative estimate of drug-likeness (QED) is 0.520. The van der Waals surface area contributed by atoms with Gasteiger partial charge in [0.15, 0.2) is 5.78 Å². The summed E-state index contributed by atoms with van der Waals surface area (Å²) in [5.74, 6) is -0.0921. The van der Waals surface area contributed by atoms with Gasteiger partial charge in [-0.25, -0.2) is 0 Å². The van der Waals surface area contributed by atoms with Gasteiger partial charge in [-0.2, -0.15) is 13.2 Å². The van der Waals surface area contributed by atoms with Crippen LogP contribution in [0.4, 0.5) is 18.9 Å². The predicted molar refractivity (Wildman–Crippen MR) is 99.9 cm³/mol. The molecule has 4 rings (SSSR count). The first-order valence-electron chi connectivity index (χ1n) is 8.43. The monoisotopic (exact) mass is 391 g/mol. The molecule has 1 N–H and O–H groups in total. The second-order valence-corrected chi connectivity index (χ2v) is 7.48. The highest BCUT2D eigenvalue weighted by atomic mass is 32.2. The number of aromatic amines is 1. The highest BCUT2D eigenvalue weighted by Gasteiger charge is 2.36. The number of fused-ring (bicyclic) bond motifs is 1. The largest absolute Gasteiger partial charge is 0.394 e. The van der Waals surface area contributed by atoms with E-state index in [9.17, 15) is 18.0 Å². The van der Waals surface area contributed by atoms with Crippen LogP contribution in [0.3, 0.4) is 0 Å². The van der Waals surface area contributed by atoms with Crippen molar-refractivity contribution >= 4 is 34.3 Å². The van der Waals surface area contributed by atoms with Crippen molar-refractivity contribution in [2.24, 2.45) is 5.92 Å². The Morgan fingerprint density at radius 1 is 1.26 bits per heavy atom. The van der Waals surface area contributed by atoms with E-state index in [2.05, 4.69) is 9.97 Å². The molecule has 2 aromatic heterocycles. The van der Waals surface area contributed by atoms with Crippen molar-refractivity contribution in [1.82, 2.24) is 9.97 Å². The van der Waals surface area contributed by atoms with E-state index >= 15 is 0 Å². The van der Waals surface area contributed by atoms with Crippen LogP contribution < -0.4 is 4.31 Å². The van der Waals surface area contributed by atoms with Crippen molar-refractivity contribution in [1.29, 1.82) is 0 Å². The summed E-state index contributed by atoms with van der Waals surface area (Å²) < 4.78 is 41.0. The number of carbonyl (C=O) groups is 1. The molecule has 3 aromatic rings. The fourth-order valence-electron chi connectivity index (χ4n) is 3.34. The molecule has 0 amide bonds. The summed E-state index contributed by atoms with van der Waals surface area (Å²) in [4.78, 5) is 20.0. The minimum absolute atomic E-state index is 0.0569. The third kappa shape index (κ3) is 3.66. The number of alkyl halides is 3. The van der Waals surface area contributed by atoms with Crippen molar-refractivity contribution in [2.75, 3.05) is 16.6 Å². The Kier molecular flexibility index (Phi) is 4.59. The maximum absolute atomic E-state index is 13.2. The van der Waals surface area contributed by atoms with Gasteiger partial charge in [-0.15, -0.1) is 0 Å². The van der Waals surface area contributed by atoms with Crippen molar-refractivity contribution in [3.05, 3.63) is 60.0 Å². The number of H-pyrrole nitrogens is 1. The molecule has 0 saturated carbocycles. The van der Waals surface area contributed by atoms with E-state index in [4.69, 9.17) is 0 Å². The van der Waals surface area contributed by atoms with Gasteiger partial charge in [-0.05, 0) is 30.1 Å². The second kappa shape index (κ2) is 6.92. The van der Waals surface area contributed by atoms with Crippen molar-refractivity contribution in [3.63, 3.8) is 0 Å². The van der Waals surface area contributed by atoms with Gasteiger partial charge in [0.1, 0.15) is 0 Å². The standard InChI is InChI=1S/C19H16F3N3OS/c20-19(21,22)8-16-17(14-5-1-2-6-15(14)24-16)18(26)12-10-25(27-11-12)13-4-3-7-23-9-13/h1-7,9,12,24H,8,10-11H2. The average molecular weight is 391 g/mol. The molecule has 3 heterocycles. The molecule has 8 heteroatoms. The number of aromatic nitrogens is 2. The lowest BCUT2D eigenvalue weighted by Crippen LogP contribution is -2.24. The summed E-state index contributed by atoms with van der Waals surface area (Å²) in [6.45, 7) is 0.445. The van der Waals surface area contributed by atoms with Crippen LogP contribution in [0.5, 0.6) is 0 Å². The fraction of sp³-hybridized carbons (Fsp3) is 0.263. The topological polar surface area (TPSA) is 49.0 Å². The van der Waals surface area contributed by atoms with Crippen molar-refractivity contribution in [3.8, 4) is 0 Å². The Bertz CT molecular complexity index is 971. The predicted octanol–water partition coefficient (Wildman–Crippen LogP) is 4.64. The molecule has 0 bridgehead atoms. The van der Waals surface area contributed by atoms with Gasteiger partial charge in [-0.1, -0.05) is 18.2 Å². The molecule has 1 aliphatic rings. The van der Waals surface area contributed by atoms with Crippen molar-refractivity contribution < 1.29 is 18.0 Å². The summed E-state index contributed by atoms with van der Waals surface area (Å²) in [5, 5.41) is 0.548. The van der Waals surface area contributed by atoms with Crippen LogP contribution in [0.2, 0.25) is 0 Å². The van der Waals surface area contributed by atoms with Crippen LogP contribution in [0.15, 0.2) is 48.8 Å². The third-order valence-corrected chi connectivity index (χ3v) is 5.75. The smallest absolute Gasteiger partial charge is 0.357 e. The number of para-hydroxylation sites is 1. The molecule has 1 saturated heterocycles. The molecule has 1 aromatic carbocycles. The summed E-state index contributed by atoms with van der Waals surface area (Å²) >= 11 is 1.49. The van der Waals surface area contributed by atoms with Crippen LogP contribution in [0.25, 0.3) is 10.9 Å². The molecule has 1 unspecified atom stereocenters. The van der Waals surface area contributed by atoms with Gasteiger partial charge in [0.2, 0.25) is 0 Å². The SMILES string of the molecule is O=C(c1c(CC(F)(F)F)[nH]c2ccccc12)C1CSN(c2cccnc2)C1. The van der Waals surface area contributed by atoms with Gasteiger partial charge in [0, 0.05) is 40.7 Å². The van der Waals surface area contributed by atoms with Crippen LogP contribution in [-0.2, 0) is 6.42 Å².